The predicted molar refractivity (Wildman–Crippen MR) is 65.1 cm³/mol. The molecule has 0 saturated carbocycles. The fraction of sp³-hybridized carbons (Fsp3) is 0.833. The highest BCUT2D eigenvalue weighted by molar-refractivity contribution is 4.99. The molecule has 2 aliphatic heterocycles. The summed E-state index contributed by atoms with van der Waals surface area (Å²) in [5.74, 6) is 2.19. The molecule has 1 aromatic rings. The van der Waals surface area contributed by atoms with Gasteiger partial charge in [0.25, 0.3) is 0 Å². The van der Waals surface area contributed by atoms with Crippen LogP contribution < -0.4 is 0 Å². The van der Waals surface area contributed by atoms with Crippen molar-refractivity contribution in [1.29, 1.82) is 0 Å². The van der Waals surface area contributed by atoms with Crippen LogP contribution in [0.15, 0.2) is 0 Å². The quantitative estimate of drug-likeness (QED) is 0.807. The molecule has 0 aliphatic carbocycles. The summed E-state index contributed by atoms with van der Waals surface area (Å²) >= 11 is 0. The van der Waals surface area contributed by atoms with E-state index in [4.69, 9.17) is 9.84 Å². The molecule has 0 radical (unpaired) electrons. The van der Waals surface area contributed by atoms with Crippen LogP contribution in [0.25, 0.3) is 0 Å². The highest BCUT2D eigenvalue weighted by Gasteiger charge is 2.23. The smallest absolute Gasteiger partial charge is 0.147 e. The van der Waals surface area contributed by atoms with Gasteiger partial charge in [0.2, 0.25) is 0 Å². The Balaban J connectivity index is 1.67. The Morgan fingerprint density at radius 3 is 3.11 bits per heavy atom. The molecule has 2 aliphatic rings. The monoisotopic (exact) mass is 252 g/mol. The lowest BCUT2D eigenvalue weighted by atomic mass is 10.1. The maximum Gasteiger partial charge on any atom is 0.147 e. The number of hydrogen-bond donors (Lipinski definition) is 1. The van der Waals surface area contributed by atoms with Crippen molar-refractivity contribution in [2.75, 3.05) is 26.3 Å². The van der Waals surface area contributed by atoms with Crippen LogP contribution in [0.5, 0.6) is 0 Å². The van der Waals surface area contributed by atoms with Crippen LogP contribution in [0.1, 0.15) is 24.5 Å². The molecule has 1 atom stereocenters. The molecule has 0 aromatic carbocycles. The van der Waals surface area contributed by atoms with Gasteiger partial charge in [-0.3, -0.25) is 4.90 Å². The van der Waals surface area contributed by atoms with Crippen LogP contribution in [0.4, 0.5) is 0 Å². The first-order chi connectivity index (χ1) is 8.86. The van der Waals surface area contributed by atoms with Crippen molar-refractivity contribution < 1.29 is 9.84 Å². The summed E-state index contributed by atoms with van der Waals surface area (Å²) in [6.45, 7) is 4.32. The van der Waals surface area contributed by atoms with Gasteiger partial charge in [-0.1, -0.05) is 0 Å². The van der Waals surface area contributed by atoms with Crippen LogP contribution in [0.3, 0.4) is 0 Å². The topological polar surface area (TPSA) is 63.4 Å². The number of nitrogens with zero attached hydrogens (tertiary/aromatic N) is 4. The van der Waals surface area contributed by atoms with Gasteiger partial charge in [0.05, 0.1) is 25.9 Å². The fourth-order valence-corrected chi connectivity index (χ4v) is 2.72. The third kappa shape index (κ3) is 2.41. The lowest BCUT2D eigenvalue weighted by molar-refractivity contribution is -0.0559. The van der Waals surface area contributed by atoms with Crippen LogP contribution in [-0.2, 0) is 24.2 Å². The average molecular weight is 252 g/mol. The van der Waals surface area contributed by atoms with Gasteiger partial charge < -0.3 is 14.4 Å². The van der Waals surface area contributed by atoms with Gasteiger partial charge in [-0.05, 0) is 12.8 Å². The molecule has 1 fully saturated rings. The van der Waals surface area contributed by atoms with Gasteiger partial charge in [-0.2, -0.15) is 0 Å². The number of morpholine rings is 1. The molecule has 18 heavy (non-hydrogen) atoms. The van der Waals surface area contributed by atoms with Gasteiger partial charge in [-0.15, -0.1) is 10.2 Å². The molecular weight excluding hydrogens is 232 g/mol. The second kappa shape index (κ2) is 5.34. The Morgan fingerprint density at radius 2 is 2.22 bits per heavy atom. The van der Waals surface area contributed by atoms with E-state index in [0.29, 0.717) is 6.61 Å². The predicted octanol–water partition coefficient (Wildman–Crippen LogP) is -0.192. The minimum atomic E-state index is -0.0532. The Kier molecular flexibility index (Phi) is 3.58. The summed E-state index contributed by atoms with van der Waals surface area (Å²) in [7, 11) is 0. The van der Waals surface area contributed by atoms with E-state index < -0.39 is 0 Å². The summed E-state index contributed by atoms with van der Waals surface area (Å²) in [6.07, 6.45) is 3.44. The Bertz CT molecular complexity index is 407. The van der Waals surface area contributed by atoms with Crippen LogP contribution in [-0.4, -0.2) is 57.2 Å². The number of hydrogen-bond acceptors (Lipinski definition) is 5. The molecule has 1 unspecified atom stereocenters. The van der Waals surface area contributed by atoms with Gasteiger partial charge in [-0.25, -0.2) is 0 Å². The molecule has 0 amide bonds. The number of ether oxygens (including phenoxy) is 1. The molecule has 6 nitrogen and oxygen atoms in total. The zero-order valence-electron chi connectivity index (χ0n) is 10.6. The van der Waals surface area contributed by atoms with E-state index in [2.05, 4.69) is 19.7 Å². The molecule has 6 heteroatoms. The Hall–Kier alpha value is -0.980. The number of fused-ring (bicyclic) bond motifs is 1. The highest BCUT2D eigenvalue weighted by atomic mass is 16.5. The minimum absolute atomic E-state index is 0.0532. The third-order valence-electron chi connectivity index (χ3n) is 3.73. The number of aromatic nitrogens is 3. The number of rotatable bonds is 3. The largest absolute Gasteiger partial charge is 0.394 e. The molecule has 1 saturated heterocycles. The first-order valence-electron chi connectivity index (χ1n) is 6.72. The summed E-state index contributed by atoms with van der Waals surface area (Å²) in [6, 6.07) is 0. The van der Waals surface area contributed by atoms with Crippen molar-refractivity contribution in [1.82, 2.24) is 19.7 Å². The maximum atomic E-state index is 9.14. The lowest BCUT2D eigenvalue weighted by Gasteiger charge is -2.31. The molecule has 0 bridgehead atoms. The summed E-state index contributed by atoms with van der Waals surface area (Å²) in [4.78, 5) is 2.29. The van der Waals surface area contributed by atoms with Gasteiger partial charge >= 0.3 is 0 Å². The van der Waals surface area contributed by atoms with Crippen LogP contribution >= 0.6 is 0 Å². The van der Waals surface area contributed by atoms with E-state index in [0.717, 1.165) is 44.2 Å². The second-order valence-corrected chi connectivity index (χ2v) is 5.05. The summed E-state index contributed by atoms with van der Waals surface area (Å²) in [5, 5.41) is 17.7. The summed E-state index contributed by atoms with van der Waals surface area (Å²) in [5.41, 5.74) is 0. The SMILES string of the molecule is OCC1CN(Cc2nnc3n2CCCC3)CCO1. The van der Waals surface area contributed by atoms with E-state index in [1.54, 1.807) is 0 Å². The standard InChI is InChI=1S/C12H20N4O2/c17-9-10-7-15(5-6-18-10)8-12-14-13-11-3-1-2-4-16(11)12/h10,17H,1-9H2. The zero-order valence-corrected chi connectivity index (χ0v) is 10.6. The third-order valence-corrected chi connectivity index (χ3v) is 3.73. The molecular formula is C12H20N4O2. The van der Waals surface area contributed by atoms with E-state index in [-0.39, 0.29) is 12.7 Å². The second-order valence-electron chi connectivity index (χ2n) is 5.05. The van der Waals surface area contributed by atoms with Crippen molar-refractivity contribution in [2.24, 2.45) is 0 Å². The van der Waals surface area contributed by atoms with E-state index in [1.165, 1.54) is 12.8 Å². The highest BCUT2D eigenvalue weighted by Crippen LogP contribution is 2.16. The average Bonchev–Trinajstić information content (AvgIpc) is 2.83. The normalized spacial score (nSPS) is 25.1. The van der Waals surface area contributed by atoms with Crippen molar-refractivity contribution in [3.63, 3.8) is 0 Å². The molecule has 100 valence electrons. The molecule has 1 aromatic heterocycles. The van der Waals surface area contributed by atoms with Crippen LogP contribution in [0, 0.1) is 0 Å². The van der Waals surface area contributed by atoms with E-state index >= 15 is 0 Å². The van der Waals surface area contributed by atoms with Crippen molar-refractivity contribution in [3.8, 4) is 0 Å². The van der Waals surface area contributed by atoms with Gasteiger partial charge in [0.1, 0.15) is 11.6 Å². The molecule has 3 heterocycles. The van der Waals surface area contributed by atoms with Gasteiger partial charge in [0.15, 0.2) is 0 Å². The minimum Gasteiger partial charge on any atom is -0.394 e. The Labute approximate surface area is 107 Å². The maximum absolute atomic E-state index is 9.14. The van der Waals surface area contributed by atoms with Crippen molar-refractivity contribution in [3.05, 3.63) is 11.6 Å². The molecule has 3 rings (SSSR count). The first kappa shape index (κ1) is 12.1. The number of aliphatic hydroxyl groups excluding tert-OH is 1. The first-order valence-corrected chi connectivity index (χ1v) is 6.72. The molecule has 0 spiro atoms. The summed E-state index contributed by atoms with van der Waals surface area (Å²) < 4.78 is 7.71. The van der Waals surface area contributed by atoms with Gasteiger partial charge in [0, 0.05) is 26.1 Å². The number of aryl methyl sites for hydroxylation is 1. The lowest BCUT2D eigenvalue weighted by Crippen LogP contribution is -2.43. The van der Waals surface area contributed by atoms with Crippen molar-refractivity contribution >= 4 is 0 Å². The Morgan fingerprint density at radius 1 is 1.28 bits per heavy atom. The van der Waals surface area contributed by atoms with Crippen LogP contribution in [0.2, 0.25) is 0 Å². The van der Waals surface area contributed by atoms with E-state index in [9.17, 15) is 0 Å². The van der Waals surface area contributed by atoms with Crippen molar-refractivity contribution in [2.45, 2.75) is 38.5 Å². The molecule has 1 N–H and O–H groups in total. The zero-order chi connectivity index (χ0) is 12.4. The number of aliphatic hydroxyl groups is 1. The van der Waals surface area contributed by atoms with E-state index in [1.807, 2.05) is 0 Å². The fourth-order valence-electron chi connectivity index (χ4n) is 2.72.